The van der Waals surface area contributed by atoms with Crippen molar-refractivity contribution in [1.82, 2.24) is 35.1 Å². The lowest BCUT2D eigenvalue weighted by Gasteiger charge is -2.19. The minimum absolute atomic E-state index is 0.191. The molecule has 0 bridgehead atoms. The number of aryl methyl sites for hydroxylation is 2. The quantitative estimate of drug-likeness (QED) is 0.563. The molecule has 8 nitrogen and oxygen atoms in total. The highest BCUT2D eigenvalue weighted by Gasteiger charge is 2.26. The van der Waals surface area contributed by atoms with E-state index in [9.17, 15) is 4.79 Å². The highest BCUT2D eigenvalue weighted by Crippen LogP contribution is 2.31. The summed E-state index contributed by atoms with van der Waals surface area (Å²) in [7, 11) is 1.91. The first kappa shape index (κ1) is 18.1. The van der Waals surface area contributed by atoms with Crippen molar-refractivity contribution in [3.8, 4) is 5.00 Å². The summed E-state index contributed by atoms with van der Waals surface area (Å²) < 4.78 is 3.43. The Morgan fingerprint density at radius 2 is 2.00 bits per heavy atom. The lowest BCUT2D eigenvalue weighted by Crippen LogP contribution is -2.32. The Bertz CT molecular complexity index is 1100. The number of aromatic nitrogens is 6. The van der Waals surface area contributed by atoms with Gasteiger partial charge in [0.05, 0.1) is 5.56 Å². The second kappa shape index (κ2) is 7.35. The van der Waals surface area contributed by atoms with Crippen LogP contribution >= 0.6 is 11.3 Å². The molecular formula is C19H19N7OS. The van der Waals surface area contributed by atoms with Gasteiger partial charge in [0.15, 0.2) is 0 Å². The van der Waals surface area contributed by atoms with Gasteiger partial charge in [0.2, 0.25) is 0 Å². The predicted octanol–water partition coefficient (Wildman–Crippen LogP) is 2.59. The molecule has 9 heteroatoms. The SMILES string of the molecule is Cc1sc(-n2cnnn2)c(C(=O)NC(c2ccccc2)c2nccn2C)c1C. The van der Waals surface area contributed by atoms with Gasteiger partial charge in [0, 0.05) is 24.3 Å². The van der Waals surface area contributed by atoms with Crippen LogP contribution in [0.5, 0.6) is 0 Å². The maximum atomic E-state index is 13.4. The molecule has 3 aromatic heterocycles. The Balaban J connectivity index is 1.75. The van der Waals surface area contributed by atoms with Crippen molar-refractivity contribution in [2.75, 3.05) is 0 Å². The highest BCUT2D eigenvalue weighted by atomic mass is 32.1. The summed E-state index contributed by atoms with van der Waals surface area (Å²) in [6.07, 6.45) is 5.09. The number of imidazole rings is 1. The second-order valence-electron chi connectivity index (χ2n) is 6.43. The maximum Gasteiger partial charge on any atom is 0.255 e. The predicted molar refractivity (Wildman–Crippen MR) is 105 cm³/mol. The van der Waals surface area contributed by atoms with Crippen molar-refractivity contribution in [2.45, 2.75) is 19.9 Å². The van der Waals surface area contributed by atoms with Crippen LogP contribution in [0.15, 0.2) is 49.1 Å². The summed E-state index contributed by atoms with van der Waals surface area (Å²) in [6.45, 7) is 3.92. The molecule has 28 heavy (non-hydrogen) atoms. The zero-order valence-corrected chi connectivity index (χ0v) is 16.5. The fourth-order valence-electron chi connectivity index (χ4n) is 3.09. The first-order valence-corrected chi connectivity index (χ1v) is 9.54. The van der Waals surface area contributed by atoms with Gasteiger partial charge in [-0.25, -0.2) is 4.98 Å². The number of nitrogens with zero attached hydrogens (tertiary/aromatic N) is 6. The molecule has 0 aliphatic carbocycles. The molecule has 1 atom stereocenters. The monoisotopic (exact) mass is 393 g/mol. The molecular weight excluding hydrogens is 374 g/mol. The minimum atomic E-state index is -0.380. The van der Waals surface area contributed by atoms with E-state index in [1.54, 1.807) is 6.20 Å². The minimum Gasteiger partial charge on any atom is -0.338 e. The summed E-state index contributed by atoms with van der Waals surface area (Å²) in [5, 5.41) is 15.2. The summed E-state index contributed by atoms with van der Waals surface area (Å²) >= 11 is 1.49. The summed E-state index contributed by atoms with van der Waals surface area (Å²) in [5.74, 6) is 0.567. The van der Waals surface area contributed by atoms with Crippen molar-refractivity contribution >= 4 is 17.2 Å². The number of hydrogen-bond donors (Lipinski definition) is 1. The van der Waals surface area contributed by atoms with Gasteiger partial charge < -0.3 is 9.88 Å². The lowest BCUT2D eigenvalue weighted by molar-refractivity contribution is 0.0941. The second-order valence-corrected chi connectivity index (χ2v) is 7.63. The van der Waals surface area contributed by atoms with E-state index in [4.69, 9.17) is 0 Å². The average Bonchev–Trinajstić information content (AvgIpc) is 3.42. The Morgan fingerprint density at radius 1 is 1.21 bits per heavy atom. The molecule has 4 rings (SSSR count). The van der Waals surface area contributed by atoms with Crippen LogP contribution in [-0.4, -0.2) is 35.7 Å². The Kier molecular flexibility index (Phi) is 4.74. The number of carbonyl (C=O) groups excluding carboxylic acids is 1. The van der Waals surface area contributed by atoms with Crippen LogP contribution in [-0.2, 0) is 7.05 Å². The number of rotatable bonds is 5. The molecule has 0 spiro atoms. The van der Waals surface area contributed by atoms with Crippen LogP contribution in [0.1, 0.15) is 38.2 Å². The van der Waals surface area contributed by atoms with Crippen molar-refractivity contribution in [1.29, 1.82) is 0 Å². The van der Waals surface area contributed by atoms with E-state index in [-0.39, 0.29) is 11.9 Å². The first-order chi connectivity index (χ1) is 13.6. The van der Waals surface area contributed by atoms with Crippen LogP contribution in [0.4, 0.5) is 0 Å². The Morgan fingerprint density at radius 3 is 2.64 bits per heavy atom. The van der Waals surface area contributed by atoms with E-state index in [1.165, 1.54) is 22.3 Å². The molecule has 1 amide bonds. The van der Waals surface area contributed by atoms with E-state index in [1.807, 2.05) is 62.0 Å². The number of thiophene rings is 1. The average molecular weight is 393 g/mol. The topological polar surface area (TPSA) is 90.5 Å². The molecule has 4 aromatic rings. The lowest BCUT2D eigenvalue weighted by atomic mass is 10.0. The molecule has 1 aromatic carbocycles. The number of nitrogens with one attached hydrogen (secondary N) is 1. The van der Waals surface area contributed by atoms with Crippen molar-refractivity contribution in [3.63, 3.8) is 0 Å². The Labute approximate surface area is 165 Å². The first-order valence-electron chi connectivity index (χ1n) is 8.72. The number of hydrogen-bond acceptors (Lipinski definition) is 6. The van der Waals surface area contributed by atoms with Crippen molar-refractivity contribution in [3.05, 3.63) is 76.4 Å². The molecule has 1 N–H and O–H groups in total. The largest absolute Gasteiger partial charge is 0.338 e. The van der Waals surface area contributed by atoms with E-state index in [0.717, 1.165) is 21.8 Å². The van der Waals surface area contributed by atoms with Crippen molar-refractivity contribution in [2.24, 2.45) is 7.05 Å². The zero-order valence-electron chi connectivity index (χ0n) is 15.7. The fraction of sp³-hybridized carbons (Fsp3) is 0.211. The standard InChI is InChI=1S/C19H19N7OS/c1-12-13(2)28-19(26-11-21-23-24-26)15(12)18(27)22-16(14-7-5-4-6-8-14)17-20-9-10-25(17)3/h4-11,16H,1-3H3,(H,22,27). The normalized spacial score (nSPS) is 12.1. The number of carbonyl (C=O) groups is 1. The van der Waals surface area contributed by atoms with E-state index >= 15 is 0 Å². The molecule has 142 valence electrons. The van der Waals surface area contributed by atoms with Crippen molar-refractivity contribution < 1.29 is 4.79 Å². The fourth-order valence-corrected chi connectivity index (χ4v) is 4.16. The number of tetrazole rings is 1. The van der Waals surface area contributed by atoms with E-state index in [0.29, 0.717) is 10.6 Å². The smallest absolute Gasteiger partial charge is 0.255 e. The molecule has 1 unspecified atom stereocenters. The van der Waals surface area contributed by atoms with Gasteiger partial charge in [0.25, 0.3) is 5.91 Å². The van der Waals surface area contributed by atoms with E-state index in [2.05, 4.69) is 25.8 Å². The molecule has 0 saturated heterocycles. The van der Waals surface area contributed by atoms with Gasteiger partial charge in [-0.05, 0) is 35.4 Å². The Hall–Kier alpha value is -3.33. The third kappa shape index (κ3) is 3.20. The summed E-state index contributed by atoms with van der Waals surface area (Å²) in [5.41, 5.74) is 2.45. The van der Waals surface area contributed by atoms with Crippen LogP contribution in [0, 0.1) is 13.8 Å². The van der Waals surface area contributed by atoms with Gasteiger partial charge in [-0.1, -0.05) is 30.3 Å². The van der Waals surface area contributed by atoms with E-state index < -0.39 is 0 Å². The van der Waals surface area contributed by atoms with Crippen LogP contribution in [0.25, 0.3) is 5.00 Å². The third-order valence-corrected chi connectivity index (χ3v) is 5.87. The number of benzene rings is 1. The third-order valence-electron chi connectivity index (χ3n) is 4.68. The van der Waals surface area contributed by atoms with Gasteiger partial charge >= 0.3 is 0 Å². The molecule has 0 saturated carbocycles. The summed E-state index contributed by atoms with van der Waals surface area (Å²) in [4.78, 5) is 18.9. The molecule has 3 heterocycles. The van der Waals surface area contributed by atoms with Gasteiger partial charge in [-0.15, -0.1) is 16.4 Å². The van der Waals surface area contributed by atoms with Gasteiger partial charge in [-0.2, -0.15) is 4.68 Å². The molecule has 0 aliphatic rings. The molecule has 0 radical (unpaired) electrons. The zero-order chi connectivity index (χ0) is 19.7. The van der Waals surface area contributed by atoms with Gasteiger partial charge in [0.1, 0.15) is 23.2 Å². The highest BCUT2D eigenvalue weighted by molar-refractivity contribution is 7.15. The van der Waals surface area contributed by atoms with Crippen LogP contribution < -0.4 is 5.32 Å². The molecule has 0 aliphatic heterocycles. The van der Waals surface area contributed by atoms with Crippen LogP contribution in [0.3, 0.4) is 0 Å². The molecule has 0 fully saturated rings. The van der Waals surface area contributed by atoms with Crippen LogP contribution in [0.2, 0.25) is 0 Å². The van der Waals surface area contributed by atoms with Gasteiger partial charge in [-0.3, -0.25) is 4.79 Å². The maximum absolute atomic E-state index is 13.4. The summed E-state index contributed by atoms with van der Waals surface area (Å²) in [6, 6.07) is 9.42. The number of amides is 1.